The minimum absolute atomic E-state index is 0.0927. The Morgan fingerprint density at radius 3 is 2.43 bits per heavy atom. The summed E-state index contributed by atoms with van der Waals surface area (Å²) in [4.78, 5) is 4.42. The van der Waals surface area contributed by atoms with E-state index >= 15 is 0 Å². The first kappa shape index (κ1) is 18.6. The van der Waals surface area contributed by atoms with Gasteiger partial charge in [0.15, 0.2) is 0 Å². The third-order valence-electron chi connectivity index (χ3n) is 3.42. The van der Waals surface area contributed by atoms with Crippen LogP contribution in [0, 0.1) is 11.7 Å². The fraction of sp³-hybridized carbons (Fsp3) is 0.625. The monoisotopic (exact) mass is 359 g/mol. The molecule has 120 valence electrons. The predicted octanol–water partition coefficient (Wildman–Crippen LogP) is 3.11. The summed E-state index contributed by atoms with van der Waals surface area (Å²) in [7, 11) is 4.09. The Hall–Kier alpha value is -0.490. The molecule has 0 saturated heterocycles. The van der Waals surface area contributed by atoms with E-state index < -0.39 is 0 Å². The Kier molecular flexibility index (Phi) is 7.81. The van der Waals surface area contributed by atoms with E-state index in [1.807, 2.05) is 20.2 Å². The minimum Gasteiger partial charge on any atom is -0.329 e. The van der Waals surface area contributed by atoms with E-state index in [0.29, 0.717) is 18.0 Å². The summed E-state index contributed by atoms with van der Waals surface area (Å²) in [6.45, 7) is 7.47. The molecule has 0 aliphatic rings. The molecule has 0 aromatic heterocycles. The first-order chi connectivity index (χ1) is 9.85. The topological polar surface area (TPSA) is 32.5 Å². The van der Waals surface area contributed by atoms with Crippen LogP contribution in [-0.4, -0.2) is 50.1 Å². The number of rotatable bonds is 8. The van der Waals surface area contributed by atoms with Gasteiger partial charge in [-0.05, 0) is 38.2 Å². The Bertz CT molecular complexity index is 438. The molecule has 0 radical (unpaired) electrons. The van der Waals surface area contributed by atoms with Crippen LogP contribution in [0.3, 0.4) is 0 Å². The maximum Gasteiger partial charge on any atom is 0.128 e. The molecule has 1 atom stereocenters. The molecule has 0 amide bonds. The minimum atomic E-state index is -0.188. The molecule has 21 heavy (non-hydrogen) atoms. The summed E-state index contributed by atoms with van der Waals surface area (Å²) in [5, 5.41) is 0. The van der Waals surface area contributed by atoms with Gasteiger partial charge in [-0.3, -0.25) is 4.90 Å². The quantitative estimate of drug-likeness (QED) is 0.773. The first-order valence-electron chi connectivity index (χ1n) is 7.39. The summed E-state index contributed by atoms with van der Waals surface area (Å²) in [5.74, 6) is 0.323. The van der Waals surface area contributed by atoms with Gasteiger partial charge >= 0.3 is 0 Å². The molecule has 0 spiro atoms. The van der Waals surface area contributed by atoms with Crippen LogP contribution < -0.4 is 5.73 Å². The predicted molar refractivity (Wildman–Crippen MR) is 90.9 cm³/mol. The number of nitrogens with zero attached hydrogens (tertiary/aromatic N) is 2. The van der Waals surface area contributed by atoms with E-state index in [-0.39, 0.29) is 11.9 Å². The van der Waals surface area contributed by atoms with Crippen LogP contribution in [0.4, 0.5) is 4.39 Å². The van der Waals surface area contributed by atoms with Crippen molar-refractivity contribution in [1.82, 2.24) is 9.80 Å². The molecule has 1 aromatic rings. The summed E-state index contributed by atoms with van der Waals surface area (Å²) in [6.07, 6.45) is 0. The summed E-state index contributed by atoms with van der Waals surface area (Å²) < 4.78 is 15.1. The molecule has 0 aliphatic heterocycles. The lowest BCUT2D eigenvalue weighted by atomic mass is 10.0. The molecule has 1 aromatic carbocycles. The van der Waals surface area contributed by atoms with Gasteiger partial charge in [0.05, 0.1) is 0 Å². The second-order valence-electron chi connectivity index (χ2n) is 6.11. The zero-order valence-electron chi connectivity index (χ0n) is 13.4. The maximum atomic E-state index is 14.2. The van der Waals surface area contributed by atoms with Gasteiger partial charge in [0.25, 0.3) is 0 Å². The Balaban J connectivity index is 3.01. The zero-order valence-corrected chi connectivity index (χ0v) is 15.0. The third-order valence-corrected chi connectivity index (χ3v) is 3.91. The average Bonchev–Trinajstić information content (AvgIpc) is 2.39. The number of hydrogen-bond donors (Lipinski definition) is 1. The van der Waals surface area contributed by atoms with Crippen LogP contribution in [0.25, 0.3) is 0 Å². The van der Waals surface area contributed by atoms with Crippen LogP contribution in [0.15, 0.2) is 22.7 Å². The Morgan fingerprint density at radius 2 is 1.90 bits per heavy atom. The second-order valence-corrected chi connectivity index (χ2v) is 7.03. The maximum absolute atomic E-state index is 14.2. The fourth-order valence-electron chi connectivity index (χ4n) is 2.41. The smallest absolute Gasteiger partial charge is 0.128 e. The van der Waals surface area contributed by atoms with E-state index in [9.17, 15) is 4.39 Å². The molecule has 1 unspecified atom stereocenters. The molecular formula is C16H27BrFN3. The number of hydrogen-bond acceptors (Lipinski definition) is 3. The second kappa shape index (κ2) is 8.83. The van der Waals surface area contributed by atoms with Crippen molar-refractivity contribution in [2.75, 3.05) is 40.3 Å². The van der Waals surface area contributed by atoms with Crippen molar-refractivity contribution in [3.05, 3.63) is 34.1 Å². The summed E-state index contributed by atoms with van der Waals surface area (Å²) in [6, 6.07) is 4.97. The number of benzene rings is 1. The van der Waals surface area contributed by atoms with Crippen molar-refractivity contribution in [2.45, 2.75) is 19.9 Å². The van der Waals surface area contributed by atoms with Gasteiger partial charge in [0.2, 0.25) is 0 Å². The van der Waals surface area contributed by atoms with Crippen molar-refractivity contribution >= 4 is 15.9 Å². The van der Waals surface area contributed by atoms with Crippen molar-refractivity contribution in [3.8, 4) is 0 Å². The SMILES string of the molecule is CC(C)CN(CCN(C)C)C(CN)c1cc(Br)ccc1F. The number of likely N-dealkylation sites (N-methyl/N-ethyl adjacent to an activating group) is 1. The first-order valence-corrected chi connectivity index (χ1v) is 8.18. The highest BCUT2D eigenvalue weighted by Gasteiger charge is 2.23. The average molecular weight is 360 g/mol. The molecular weight excluding hydrogens is 333 g/mol. The zero-order chi connectivity index (χ0) is 16.0. The van der Waals surface area contributed by atoms with Crippen LogP contribution in [0.2, 0.25) is 0 Å². The van der Waals surface area contributed by atoms with Crippen LogP contribution >= 0.6 is 15.9 Å². The van der Waals surface area contributed by atoms with E-state index in [4.69, 9.17) is 5.73 Å². The fourth-order valence-corrected chi connectivity index (χ4v) is 2.79. The number of halogens is 2. The van der Waals surface area contributed by atoms with Gasteiger partial charge in [0.1, 0.15) is 5.82 Å². The Morgan fingerprint density at radius 1 is 1.24 bits per heavy atom. The van der Waals surface area contributed by atoms with Crippen LogP contribution in [0.5, 0.6) is 0 Å². The molecule has 5 heteroatoms. The van der Waals surface area contributed by atoms with Crippen molar-refractivity contribution in [3.63, 3.8) is 0 Å². The summed E-state index contributed by atoms with van der Waals surface area (Å²) in [5.41, 5.74) is 6.64. The number of nitrogens with two attached hydrogens (primary N) is 1. The van der Waals surface area contributed by atoms with Crippen molar-refractivity contribution < 1.29 is 4.39 Å². The lowest BCUT2D eigenvalue weighted by Gasteiger charge is -2.33. The lowest BCUT2D eigenvalue weighted by Crippen LogP contribution is -2.40. The standard InChI is InChI=1S/C16H27BrFN3/c1-12(2)11-21(8-7-20(3)4)16(10-19)14-9-13(17)5-6-15(14)18/h5-6,9,12,16H,7-8,10-11,19H2,1-4H3. The Labute approximate surface area is 136 Å². The van der Waals surface area contributed by atoms with Crippen LogP contribution in [0.1, 0.15) is 25.5 Å². The molecule has 1 rings (SSSR count). The van der Waals surface area contributed by atoms with Gasteiger partial charge in [-0.2, -0.15) is 0 Å². The molecule has 0 aliphatic carbocycles. The third kappa shape index (κ3) is 6.02. The largest absolute Gasteiger partial charge is 0.329 e. The van der Waals surface area contributed by atoms with E-state index in [2.05, 4.69) is 39.6 Å². The molecule has 0 heterocycles. The van der Waals surface area contributed by atoms with Gasteiger partial charge < -0.3 is 10.6 Å². The molecule has 0 bridgehead atoms. The molecule has 3 nitrogen and oxygen atoms in total. The van der Waals surface area contributed by atoms with Gasteiger partial charge in [0, 0.05) is 42.3 Å². The lowest BCUT2D eigenvalue weighted by molar-refractivity contribution is 0.161. The summed E-state index contributed by atoms with van der Waals surface area (Å²) >= 11 is 3.42. The molecule has 0 saturated carbocycles. The van der Waals surface area contributed by atoms with E-state index in [1.54, 1.807) is 6.07 Å². The normalized spacial score (nSPS) is 13.4. The highest BCUT2D eigenvalue weighted by molar-refractivity contribution is 9.10. The van der Waals surface area contributed by atoms with Gasteiger partial charge in [-0.1, -0.05) is 29.8 Å². The van der Waals surface area contributed by atoms with Crippen molar-refractivity contribution in [1.29, 1.82) is 0 Å². The van der Waals surface area contributed by atoms with Gasteiger partial charge in [-0.15, -0.1) is 0 Å². The highest BCUT2D eigenvalue weighted by Crippen LogP contribution is 2.26. The molecule has 0 fully saturated rings. The molecule has 2 N–H and O–H groups in total. The van der Waals surface area contributed by atoms with Crippen molar-refractivity contribution in [2.24, 2.45) is 11.7 Å². The van der Waals surface area contributed by atoms with Crippen LogP contribution in [-0.2, 0) is 0 Å². The van der Waals surface area contributed by atoms with E-state index in [1.165, 1.54) is 6.07 Å². The van der Waals surface area contributed by atoms with E-state index in [0.717, 1.165) is 24.1 Å². The van der Waals surface area contributed by atoms with Gasteiger partial charge in [-0.25, -0.2) is 4.39 Å². The highest BCUT2D eigenvalue weighted by atomic mass is 79.9.